The van der Waals surface area contributed by atoms with Gasteiger partial charge in [-0.25, -0.2) is 4.39 Å². The molecule has 1 unspecified atom stereocenters. The van der Waals surface area contributed by atoms with E-state index in [0.29, 0.717) is 11.3 Å². The summed E-state index contributed by atoms with van der Waals surface area (Å²) >= 11 is 5.77. The molecule has 0 aliphatic rings. The molecule has 0 bridgehead atoms. The van der Waals surface area contributed by atoms with Crippen LogP contribution in [0.5, 0.6) is 5.75 Å². The fourth-order valence-electron chi connectivity index (χ4n) is 0.946. The summed E-state index contributed by atoms with van der Waals surface area (Å²) in [6, 6.07) is 2.75. The highest BCUT2D eigenvalue weighted by Gasteiger charge is 2.08. The van der Waals surface area contributed by atoms with E-state index in [2.05, 4.69) is 5.92 Å². The number of rotatable bonds is 2. The first kappa shape index (κ1) is 10.9. The predicted molar refractivity (Wildman–Crippen MR) is 55.1 cm³/mol. The maximum absolute atomic E-state index is 13.0. The summed E-state index contributed by atoms with van der Waals surface area (Å²) in [5.74, 6) is 2.46. The van der Waals surface area contributed by atoms with Gasteiger partial charge in [0.1, 0.15) is 11.6 Å². The summed E-state index contributed by atoms with van der Waals surface area (Å²) < 4.78 is 18.3. The molecule has 0 aliphatic heterocycles. The fourth-order valence-corrected chi connectivity index (χ4v) is 1.14. The molecule has 1 rings (SSSR count). The van der Waals surface area contributed by atoms with E-state index in [1.807, 2.05) is 0 Å². The zero-order chi connectivity index (χ0) is 10.7. The minimum atomic E-state index is -0.377. The van der Waals surface area contributed by atoms with Crippen LogP contribution in [-0.2, 0) is 0 Å². The third kappa shape index (κ3) is 2.40. The Morgan fingerprint density at radius 3 is 2.79 bits per heavy atom. The number of aryl methyl sites for hydroxylation is 1. The lowest BCUT2D eigenvalue weighted by molar-refractivity contribution is 0.278. The quantitative estimate of drug-likeness (QED) is 0.685. The lowest BCUT2D eigenvalue weighted by Gasteiger charge is -2.11. The van der Waals surface area contributed by atoms with Crippen molar-refractivity contribution in [3.05, 3.63) is 28.5 Å². The highest BCUT2D eigenvalue weighted by molar-refractivity contribution is 6.32. The smallest absolute Gasteiger partial charge is 0.156 e. The number of hydrogen-bond donors (Lipinski definition) is 0. The second kappa shape index (κ2) is 4.34. The molecule has 14 heavy (non-hydrogen) atoms. The van der Waals surface area contributed by atoms with Gasteiger partial charge in [0.15, 0.2) is 6.10 Å². The van der Waals surface area contributed by atoms with Crippen molar-refractivity contribution in [1.29, 1.82) is 0 Å². The van der Waals surface area contributed by atoms with Gasteiger partial charge in [-0.3, -0.25) is 0 Å². The van der Waals surface area contributed by atoms with E-state index >= 15 is 0 Å². The number of halogens is 2. The molecule has 1 atom stereocenters. The van der Waals surface area contributed by atoms with Crippen molar-refractivity contribution >= 4 is 11.6 Å². The Hall–Kier alpha value is -1.20. The standard InChI is InChI=1S/C11H10ClFO/c1-4-8(3)14-11-5-7(2)10(13)6-9(11)12/h1,5-6,8H,2-3H3. The summed E-state index contributed by atoms with van der Waals surface area (Å²) in [7, 11) is 0. The predicted octanol–water partition coefficient (Wildman–Crippen LogP) is 3.19. The highest BCUT2D eigenvalue weighted by Crippen LogP contribution is 2.28. The van der Waals surface area contributed by atoms with Crippen molar-refractivity contribution < 1.29 is 9.13 Å². The minimum Gasteiger partial charge on any atom is -0.476 e. The summed E-state index contributed by atoms with van der Waals surface area (Å²) in [5, 5.41) is 0.232. The van der Waals surface area contributed by atoms with Crippen LogP contribution < -0.4 is 4.74 Å². The lowest BCUT2D eigenvalue weighted by atomic mass is 10.2. The number of ether oxygens (including phenoxy) is 1. The Balaban J connectivity index is 2.99. The van der Waals surface area contributed by atoms with E-state index < -0.39 is 0 Å². The molecule has 0 amide bonds. The maximum Gasteiger partial charge on any atom is 0.156 e. The topological polar surface area (TPSA) is 9.23 Å². The third-order valence-electron chi connectivity index (χ3n) is 1.75. The van der Waals surface area contributed by atoms with Crippen molar-refractivity contribution in [2.45, 2.75) is 20.0 Å². The van der Waals surface area contributed by atoms with Crippen LogP contribution in [0.1, 0.15) is 12.5 Å². The van der Waals surface area contributed by atoms with Crippen LogP contribution in [0.4, 0.5) is 4.39 Å². The second-order valence-electron chi connectivity index (χ2n) is 2.96. The minimum absolute atomic E-state index is 0.232. The van der Waals surface area contributed by atoms with Crippen molar-refractivity contribution in [1.82, 2.24) is 0 Å². The van der Waals surface area contributed by atoms with Crippen LogP contribution in [0.25, 0.3) is 0 Å². The maximum atomic E-state index is 13.0. The molecule has 0 saturated heterocycles. The van der Waals surface area contributed by atoms with Crippen LogP contribution >= 0.6 is 11.6 Å². The van der Waals surface area contributed by atoms with Gasteiger partial charge in [-0.15, -0.1) is 6.42 Å². The van der Waals surface area contributed by atoms with Crippen LogP contribution in [0.15, 0.2) is 12.1 Å². The van der Waals surface area contributed by atoms with Crippen LogP contribution in [0, 0.1) is 25.1 Å². The lowest BCUT2D eigenvalue weighted by Crippen LogP contribution is -2.08. The molecular formula is C11H10ClFO. The molecule has 0 radical (unpaired) electrons. The number of benzene rings is 1. The zero-order valence-corrected chi connectivity index (χ0v) is 8.73. The van der Waals surface area contributed by atoms with Gasteiger partial charge < -0.3 is 4.74 Å². The summed E-state index contributed by atoms with van der Waals surface area (Å²) in [5.41, 5.74) is 0.480. The summed E-state index contributed by atoms with van der Waals surface area (Å²) in [6.45, 7) is 3.36. The van der Waals surface area contributed by atoms with Gasteiger partial charge in [0.2, 0.25) is 0 Å². The van der Waals surface area contributed by atoms with Crippen LogP contribution in [0.2, 0.25) is 5.02 Å². The van der Waals surface area contributed by atoms with Crippen molar-refractivity contribution in [3.8, 4) is 18.1 Å². The summed E-state index contributed by atoms with van der Waals surface area (Å²) in [6.07, 6.45) is 4.77. The SMILES string of the molecule is C#CC(C)Oc1cc(C)c(F)cc1Cl. The monoisotopic (exact) mass is 212 g/mol. The van der Waals surface area contributed by atoms with Gasteiger partial charge in [0.05, 0.1) is 5.02 Å². The van der Waals surface area contributed by atoms with E-state index in [9.17, 15) is 4.39 Å². The molecule has 0 fully saturated rings. The Labute approximate surface area is 87.8 Å². The van der Waals surface area contributed by atoms with Crippen LogP contribution in [0.3, 0.4) is 0 Å². The molecule has 0 spiro atoms. The van der Waals surface area contributed by atoms with E-state index in [1.54, 1.807) is 13.8 Å². The molecule has 1 aromatic rings. The molecule has 3 heteroatoms. The second-order valence-corrected chi connectivity index (χ2v) is 3.37. The Bertz CT molecular complexity index is 382. The van der Waals surface area contributed by atoms with Crippen molar-refractivity contribution in [2.24, 2.45) is 0 Å². The van der Waals surface area contributed by atoms with E-state index in [4.69, 9.17) is 22.8 Å². The molecule has 0 saturated carbocycles. The molecule has 74 valence electrons. The highest BCUT2D eigenvalue weighted by atomic mass is 35.5. The average Bonchev–Trinajstić information content (AvgIpc) is 2.14. The molecule has 0 aliphatic carbocycles. The Kier molecular flexibility index (Phi) is 3.38. The van der Waals surface area contributed by atoms with Crippen LogP contribution in [-0.4, -0.2) is 6.10 Å². The van der Waals surface area contributed by atoms with E-state index in [1.165, 1.54) is 12.1 Å². The molecule has 1 aromatic carbocycles. The normalized spacial score (nSPS) is 11.9. The van der Waals surface area contributed by atoms with Gasteiger partial charge in [0, 0.05) is 0 Å². The van der Waals surface area contributed by atoms with E-state index in [-0.39, 0.29) is 16.9 Å². The largest absolute Gasteiger partial charge is 0.476 e. The molecule has 0 heterocycles. The first-order valence-electron chi connectivity index (χ1n) is 4.13. The zero-order valence-electron chi connectivity index (χ0n) is 7.97. The number of hydrogen-bond acceptors (Lipinski definition) is 1. The van der Waals surface area contributed by atoms with E-state index in [0.717, 1.165) is 0 Å². The first-order valence-corrected chi connectivity index (χ1v) is 4.51. The average molecular weight is 213 g/mol. The molecule has 0 N–H and O–H groups in total. The van der Waals surface area contributed by atoms with Gasteiger partial charge >= 0.3 is 0 Å². The Morgan fingerprint density at radius 1 is 1.57 bits per heavy atom. The van der Waals surface area contributed by atoms with Gasteiger partial charge in [-0.2, -0.15) is 0 Å². The fraction of sp³-hybridized carbons (Fsp3) is 0.273. The third-order valence-corrected chi connectivity index (χ3v) is 2.05. The molecule has 0 aromatic heterocycles. The van der Waals surface area contributed by atoms with Gasteiger partial charge in [-0.1, -0.05) is 17.5 Å². The molecular weight excluding hydrogens is 203 g/mol. The summed E-state index contributed by atoms with van der Waals surface area (Å²) in [4.78, 5) is 0. The number of terminal acetylenes is 1. The van der Waals surface area contributed by atoms with Gasteiger partial charge in [0.25, 0.3) is 0 Å². The molecule has 1 nitrogen and oxygen atoms in total. The first-order chi connectivity index (χ1) is 6.54. The van der Waals surface area contributed by atoms with Crippen molar-refractivity contribution in [3.63, 3.8) is 0 Å². The van der Waals surface area contributed by atoms with Crippen molar-refractivity contribution in [2.75, 3.05) is 0 Å². The van der Waals surface area contributed by atoms with Gasteiger partial charge in [-0.05, 0) is 31.5 Å². The Morgan fingerprint density at radius 2 is 2.21 bits per heavy atom.